The van der Waals surface area contributed by atoms with Crippen molar-refractivity contribution in [3.8, 4) is 11.5 Å². The molecule has 0 radical (unpaired) electrons. The number of nitrogens with one attached hydrogen (secondary N) is 2. The van der Waals surface area contributed by atoms with Crippen LogP contribution in [0, 0.1) is 0 Å². The predicted molar refractivity (Wildman–Crippen MR) is 114 cm³/mol. The molecule has 29 heavy (non-hydrogen) atoms. The van der Waals surface area contributed by atoms with E-state index in [4.69, 9.17) is 9.47 Å². The topological polar surface area (TPSA) is 85.1 Å². The number of nitrogens with zero attached hydrogens (tertiary/aromatic N) is 4. The molecule has 2 aromatic heterocycles. The van der Waals surface area contributed by atoms with Gasteiger partial charge in [-0.25, -0.2) is 4.99 Å². The first kappa shape index (κ1) is 20.4. The van der Waals surface area contributed by atoms with Crippen LogP contribution in [0.4, 0.5) is 0 Å². The fraction of sp³-hybridized carbons (Fsp3) is 0.381. The van der Waals surface area contributed by atoms with E-state index in [9.17, 15) is 0 Å². The Morgan fingerprint density at radius 2 is 2.00 bits per heavy atom. The highest BCUT2D eigenvalue weighted by molar-refractivity contribution is 5.79. The number of hydrogen-bond acceptors (Lipinski definition) is 5. The Morgan fingerprint density at radius 3 is 2.79 bits per heavy atom. The van der Waals surface area contributed by atoms with E-state index in [1.165, 1.54) is 0 Å². The zero-order valence-electron chi connectivity index (χ0n) is 17.2. The van der Waals surface area contributed by atoms with E-state index in [2.05, 4.69) is 25.8 Å². The van der Waals surface area contributed by atoms with Crippen LogP contribution in [0.3, 0.4) is 0 Å². The molecule has 0 spiro atoms. The van der Waals surface area contributed by atoms with Gasteiger partial charge in [-0.1, -0.05) is 6.07 Å². The van der Waals surface area contributed by atoms with Gasteiger partial charge >= 0.3 is 0 Å². The molecule has 8 heteroatoms. The van der Waals surface area contributed by atoms with Gasteiger partial charge in [-0.05, 0) is 37.6 Å². The standard InChI is InChI=1S/C21H28N6O2/c1-4-22-21(24-15-16-10-11-17(28-2)14-18(16)29-3)23-12-7-9-20-26-25-19-8-5-6-13-27(19)20/h5-6,8,10-11,13-14H,4,7,9,12,15H2,1-3H3,(H2,22,23,24). The predicted octanol–water partition coefficient (Wildman–Crippen LogP) is 2.43. The molecule has 0 saturated heterocycles. The number of aliphatic imine (C=N–C) groups is 1. The van der Waals surface area contributed by atoms with Gasteiger partial charge in [-0.2, -0.15) is 0 Å². The molecule has 1 aromatic carbocycles. The van der Waals surface area contributed by atoms with Crippen molar-refractivity contribution >= 4 is 11.6 Å². The van der Waals surface area contributed by atoms with Crippen LogP contribution < -0.4 is 20.1 Å². The van der Waals surface area contributed by atoms with Crippen molar-refractivity contribution in [3.05, 3.63) is 54.0 Å². The molecule has 0 aliphatic carbocycles. The summed E-state index contributed by atoms with van der Waals surface area (Å²) >= 11 is 0. The zero-order valence-corrected chi connectivity index (χ0v) is 17.2. The van der Waals surface area contributed by atoms with Gasteiger partial charge in [0.2, 0.25) is 0 Å². The Balaban J connectivity index is 1.55. The number of hydrogen-bond donors (Lipinski definition) is 2. The number of fused-ring (bicyclic) bond motifs is 1. The Labute approximate surface area is 171 Å². The number of benzene rings is 1. The lowest BCUT2D eigenvalue weighted by Crippen LogP contribution is -2.37. The molecule has 0 unspecified atom stereocenters. The van der Waals surface area contributed by atoms with E-state index in [1.54, 1.807) is 14.2 Å². The van der Waals surface area contributed by atoms with Crippen LogP contribution in [0.5, 0.6) is 11.5 Å². The van der Waals surface area contributed by atoms with Gasteiger partial charge < -0.3 is 20.1 Å². The number of guanidine groups is 1. The Morgan fingerprint density at radius 1 is 1.10 bits per heavy atom. The van der Waals surface area contributed by atoms with Crippen LogP contribution >= 0.6 is 0 Å². The summed E-state index contributed by atoms with van der Waals surface area (Å²) < 4.78 is 12.7. The minimum Gasteiger partial charge on any atom is -0.497 e. The van der Waals surface area contributed by atoms with E-state index in [1.807, 2.05) is 53.9 Å². The third-order valence-electron chi connectivity index (χ3n) is 4.50. The molecule has 0 atom stereocenters. The highest BCUT2D eigenvalue weighted by atomic mass is 16.5. The smallest absolute Gasteiger partial charge is 0.191 e. The summed E-state index contributed by atoms with van der Waals surface area (Å²) in [6.45, 7) is 4.14. The first-order valence-corrected chi connectivity index (χ1v) is 9.77. The van der Waals surface area contributed by atoms with Crippen LogP contribution in [0.1, 0.15) is 24.7 Å². The molecule has 0 saturated carbocycles. The van der Waals surface area contributed by atoms with Crippen molar-refractivity contribution < 1.29 is 9.47 Å². The number of aromatic nitrogens is 3. The molecular formula is C21H28N6O2. The molecule has 3 rings (SSSR count). The Kier molecular flexibility index (Phi) is 7.27. The monoisotopic (exact) mass is 396 g/mol. The number of rotatable bonds is 9. The number of ether oxygens (including phenoxy) is 2. The van der Waals surface area contributed by atoms with Crippen LogP contribution in [0.25, 0.3) is 5.65 Å². The van der Waals surface area contributed by atoms with Gasteiger partial charge in [-0.3, -0.25) is 4.40 Å². The zero-order chi connectivity index (χ0) is 20.5. The maximum absolute atomic E-state index is 5.45. The molecule has 0 aliphatic heterocycles. The van der Waals surface area contributed by atoms with Crippen molar-refractivity contribution in [2.45, 2.75) is 26.3 Å². The van der Waals surface area contributed by atoms with Gasteiger partial charge in [0.1, 0.15) is 17.3 Å². The number of methoxy groups -OCH3 is 2. The Bertz CT molecular complexity index is 953. The molecule has 2 N–H and O–H groups in total. The third kappa shape index (κ3) is 5.37. The van der Waals surface area contributed by atoms with Gasteiger partial charge in [0.05, 0.1) is 20.8 Å². The van der Waals surface area contributed by atoms with E-state index >= 15 is 0 Å². The van der Waals surface area contributed by atoms with Crippen molar-refractivity contribution in [3.63, 3.8) is 0 Å². The molecule has 0 fully saturated rings. The summed E-state index contributed by atoms with van der Waals surface area (Å²) in [7, 11) is 3.29. The molecule has 0 amide bonds. The summed E-state index contributed by atoms with van der Waals surface area (Å²) in [4.78, 5) is 4.67. The Hall–Kier alpha value is -3.29. The molecule has 0 aliphatic rings. The second-order valence-electron chi connectivity index (χ2n) is 6.45. The van der Waals surface area contributed by atoms with Gasteiger partial charge in [0.15, 0.2) is 11.6 Å². The van der Waals surface area contributed by atoms with E-state index < -0.39 is 0 Å². The second-order valence-corrected chi connectivity index (χ2v) is 6.45. The molecule has 154 valence electrons. The average Bonchev–Trinajstić information content (AvgIpc) is 3.18. The summed E-state index contributed by atoms with van der Waals surface area (Å²) in [5.74, 6) is 3.27. The summed E-state index contributed by atoms with van der Waals surface area (Å²) in [6.07, 6.45) is 3.75. The minimum atomic E-state index is 0.511. The van der Waals surface area contributed by atoms with E-state index in [0.717, 1.165) is 60.4 Å². The lowest BCUT2D eigenvalue weighted by molar-refractivity contribution is 0.391. The summed E-state index contributed by atoms with van der Waals surface area (Å²) in [5.41, 5.74) is 1.87. The largest absolute Gasteiger partial charge is 0.497 e. The van der Waals surface area contributed by atoms with Gasteiger partial charge in [0, 0.05) is 37.3 Å². The number of aryl methyl sites for hydroxylation is 1. The molecule has 3 aromatic rings. The lowest BCUT2D eigenvalue weighted by atomic mass is 10.2. The fourth-order valence-corrected chi connectivity index (χ4v) is 3.00. The second kappa shape index (κ2) is 10.3. The SMILES string of the molecule is CCNC(=NCc1ccc(OC)cc1OC)NCCCc1nnc2ccccn12. The van der Waals surface area contributed by atoms with E-state index in [0.29, 0.717) is 6.54 Å². The van der Waals surface area contributed by atoms with Crippen LogP contribution in [0.15, 0.2) is 47.6 Å². The first-order chi connectivity index (χ1) is 14.2. The van der Waals surface area contributed by atoms with Crippen molar-refractivity contribution in [2.24, 2.45) is 4.99 Å². The molecule has 2 heterocycles. The lowest BCUT2D eigenvalue weighted by Gasteiger charge is -2.12. The minimum absolute atomic E-state index is 0.511. The molecular weight excluding hydrogens is 368 g/mol. The highest BCUT2D eigenvalue weighted by Gasteiger charge is 2.07. The maximum Gasteiger partial charge on any atom is 0.191 e. The van der Waals surface area contributed by atoms with Crippen LogP contribution in [-0.4, -0.2) is 47.9 Å². The van der Waals surface area contributed by atoms with Crippen LogP contribution in [0.2, 0.25) is 0 Å². The quantitative estimate of drug-likeness (QED) is 0.328. The first-order valence-electron chi connectivity index (χ1n) is 9.77. The van der Waals surface area contributed by atoms with Gasteiger partial charge in [0.25, 0.3) is 0 Å². The van der Waals surface area contributed by atoms with Crippen molar-refractivity contribution in [1.29, 1.82) is 0 Å². The highest BCUT2D eigenvalue weighted by Crippen LogP contribution is 2.25. The fourth-order valence-electron chi connectivity index (χ4n) is 3.00. The van der Waals surface area contributed by atoms with Crippen LogP contribution in [-0.2, 0) is 13.0 Å². The van der Waals surface area contributed by atoms with Gasteiger partial charge in [-0.15, -0.1) is 10.2 Å². The van der Waals surface area contributed by atoms with E-state index in [-0.39, 0.29) is 0 Å². The van der Waals surface area contributed by atoms with Crippen molar-refractivity contribution in [2.75, 3.05) is 27.3 Å². The average molecular weight is 396 g/mol. The number of pyridine rings is 1. The third-order valence-corrected chi connectivity index (χ3v) is 4.50. The molecule has 0 bridgehead atoms. The normalized spacial score (nSPS) is 11.5. The summed E-state index contributed by atoms with van der Waals surface area (Å²) in [5, 5.41) is 15.1. The summed E-state index contributed by atoms with van der Waals surface area (Å²) in [6, 6.07) is 11.7. The maximum atomic E-state index is 5.45. The molecule has 8 nitrogen and oxygen atoms in total. The van der Waals surface area contributed by atoms with Crippen molar-refractivity contribution in [1.82, 2.24) is 25.2 Å².